The molecule has 1 heterocycles. The minimum absolute atomic E-state index is 0.0182. The van der Waals surface area contributed by atoms with E-state index in [1.54, 1.807) is 30.2 Å². The maximum absolute atomic E-state index is 12.6. The van der Waals surface area contributed by atoms with Crippen LogP contribution in [0.4, 0.5) is 11.4 Å². The zero-order valence-electron chi connectivity index (χ0n) is 13.8. The predicted molar refractivity (Wildman–Crippen MR) is 95.8 cm³/mol. The average Bonchev–Trinajstić information content (AvgIpc) is 2.65. The van der Waals surface area contributed by atoms with Crippen molar-refractivity contribution in [3.63, 3.8) is 0 Å². The number of para-hydroxylation sites is 1. The normalized spacial score (nSPS) is 13.6. The number of ether oxygens (including phenoxy) is 1. The molecule has 128 valence electrons. The van der Waals surface area contributed by atoms with Crippen molar-refractivity contribution in [1.82, 2.24) is 0 Å². The van der Waals surface area contributed by atoms with Gasteiger partial charge < -0.3 is 9.64 Å². The van der Waals surface area contributed by atoms with Crippen molar-refractivity contribution in [3.8, 4) is 5.75 Å². The van der Waals surface area contributed by atoms with Gasteiger partial charge in [-0.15, -0.1) is 0 Å². The van der Waals surface area contributed by atoms with Crippen LogP contribution in [0.15, 0.2) is 48.5 Å². The topological polar surface area (TPSA) is 72.7 Å². The molecule has 1 aliphatic heterocycles. The fourth-order valence-corrected chi connectivity index (χ4v) is 2.98. The summed E-state index contributed by atoms with van der Waals surface area (Å²) < 4.78 is 5.24. The van der Waals surface area contributed by atoms with Gasteiger partial charge in [0.05, 0.1) is 17.6 Å². The molecule has 3 rings (SSSR count). The van der Waals surface area contributed by atoms with E-state index < -0.39 is 4.92 Å². The largest absolute Gasteiger partial charge is 0.497 e. The number of fused-ring (bicyclic) bond motifs is 1. The number of nitro benzene ring substituents is 1. The molecule has 25 heavy (non-hydrogen) atoms. The van der Waals surface area contributed by atoms with E-state index in [4.69, 9.17) is 4.74 Å². The van der Waals surface area contributed by atoms with Gasteiger partial charge in [-0.05, 0) is 48.7 Å². The first-order valence-electron chi connectivity index (χ1n) is 8.00. The van der Waals surface area contributed by atoms with Crippen molar-refractivity contribution in [2.24, 2.45) is 0 Å². The van der Waals surface area contributed by atoms with E-state index in [1.807, 2.05) is 18.2 Å². The van der Waals surface area contributed by atoms with E-state index in [2.05, 4.69) is 0 Å². The molecule has 2 aromatic carbocycles. The molecule has 2 aromatic rings. The average molecular weight is 338 g/mol. The van der Waals surface area contributed by atoms with Crippen LogP contribution in [0.25, 0.3) is 6.08 Å². The number of methoxy groups -OCH3 is 1. The highest BCUT2D eigenvalue weighted by molar-refractivity contribution is 6.04. The minimum Gasteiger partial charge on any atom is -0.497 e. The minimum atomic E-state index is -0.452. The van der Waals surface area contributed by atoms with Gasteiger partial charge in [-0.3, -0.25) is 14.9 Å². The third kappa shape index (κ3) is 3.52. The lowest BCUT2D eigenvalue weighted by Gasteiger charge is -2.28. The van der Waals surface area contributed by atoms with Gasteiger partial charge in [0.15, 0.2) is 0 Å². The third-order valence-corrected chi connectivity index (χ3v) is 4.21. The van der Waals surface area contributed by atoms with Crippen LogP contribution in [0.1, 0.15) is 17.5 Å². The Morgan fingerprint density at radius 1 is 1.28 bits per heavy atom. The maximum Gasteiger partial charge on any atom is 0.276 e. The number of carbonyl (C=O) groups is 1. The molecular formula is C19H18N2O4. The molecule has 0 fully saturated rings. The summed E-state index contributed by atoms with van der Waals surface area (Å²) in [6, 6.07) is 12.0. The van der Waals surface area contributed by atoms with Crippen LogP contribution in [-0.4, -0.2) is 24.5 Å². The standard InChI is InChI=1S/C19H18N2O4/c1-25-16-9-10-17-15(13-16)6-4-12-20(17)19(22)11-8-14-5-2-3-7-18(14)21(23)24/h2-3,5,7-11,13H,4,6,12H2,1H3/b11-8+. The van der Waals surface area contributed by atoms with E-state index in [1.165, 1.54) is 18.2 Å². The highest BCUT2D eigenvalue weighted by atomic mass is 16.6. The number of benzene rings is 2. The number of anilines is 1. The van der Waals surface area contributed by atoms with Crippen LogP contribution in [0.2, 0.25) is 0 Å². The van der Waals surface area contributed by atoms with Crippen molar-refractivity contribution in [2.45, 2.75) is 12.8 Å². The second-order valence-electron chi connectivity index (χ2n) is 5.74. The molecule has 0 bridgehead atoms. The Labute approximate surface area is 145 Å². The Hall–Kier alpha value is -3.15. The monoisotopic (exact) mass is 338 g/mol. The molecule has 0 saturated carbocycles. The molecule has 6 heteroatoms. The molecule has 0 unspecified atom stereocenters. The van der Waals surface area contributed by atoms with Crippen molar-refractivity contribution in [3.05, 3.63) is 69.8 Å². The number of aryl methyl sites for hydroxylation is 1. The number of amides is 1. The zero-order chi connectivity index (χ0) is 17.8. The van der Waals surface area contributed by atoms with Crippen LogP contribution in [-0.2, 0) is 11.2 Å². The lowest BCUT2D eigenvalue weighted by Crippen LogP contribution is -2.34. The third-order valence-electron chi connectivity index (χ3n) is 4.21. The molecule has 0 aromatic heterocycles. The molecule has 0 spiro atoms. The first kappa shape index (κ1) is 16.7. The molecular weight excluding hydrogens is 320 g/mol. The van der Waals surface area contributed by atoms with Crippen LogP contribution in [0, 0.1) is 10.1 Å². The van der Waals surface area contributed by atoms with Crippen molar-refractivity contribution >= 4 is 23.4 Å². The zero-order valence-corrected chi connectivity index (χ0v) is 13.8. The number of hydrogen-bond donors (Lipinski definition) is 0. The van der Waals surface area contributed by atoms with Gasteiger partial charge >= 0.3 is 0 Å². The molecule has 1 amide bonds. The number of carbonyl (C=O) groups excluding carboxylic acids is 1. The molecule has 1 aliphatic rings. The second kappa shape index (κ2) is 7.17. The van der Waals surface area contributed by atoms with Crippen molar-refractivity contribution in [2.75, 3.05) is 18.6 Å². The summed E-state index contributed by atoms with van der Waals surface area (Å²) in [4.78, 5) is 24.9. The Morgan fingerprint density at radius 3 is 2.84 bits per heavy atom. The van der Waals surface area contributed by atoms with Crippen LogP contribution < -0.4 is 9.64 Å². The van der Waals surface area contributed by atoms with Gasteiger partial charge in [-0.25, -0.2) is 0 Å². The van der Waals surface area contributed by atoms with E-state index in [-0.39, 0.29) is 11.6 Å². The molecule has 6 nitrogen and oxygen atoms in total. The van der Waals surface area contributed by atoms with Crippen LogP contribution in [0.3, 0.4) is 0 Å². The summed E-state index contributed by atoms with van der Waals surface area (Å²) in [5, 5.41) is 11.1. The Morgan fingerprint density at radius 2 is 2.08 bits per heavy atom. The number of nitrogens with zero attached hydrogens (tertiary/aromatic N) is 2. The fourth-order valence-electron chi connectivity index (χ4n) is 2.98. The van der Waals surface area contributed by atoms with Crippen molar-refractivity contribution < 1.29 is 14.5 Å². The molecule has 0 radical (unpaired) electrons. The summed E-state index contributed by atoms with van der Waals surface area (Å²) in [6.07, 6.45) is 4.65. The molecule has 0 saturated heterocycles. The summed E-state index contributed by atoms with van der Waals surface area (Å²) >= 11 is 0. The number of nitro groups is 1. The van der Waals surface area contributed by atoms with Crippen LogP contribution >= 0.6 is 0 Å². The lowest BCUT2D eigenvalue weighted by molar-refractivity contribution is -0.385. The SMILES string of the molecule is COc1ccc2c(c1)CCCN2C(=O)/C=C/c1ccccc1[N+](=O)[O-]. The van der Waals surface area contributed by atoms with Gasteiger partial charge in [-0.2, -0.15) is 0 Å². The van der Waals surface area contributed by atoms with E-state index >= 15 is 0 Å². The molecule has 0 aliphatic carbocycles. The van der Waals surface area contributed by atoms with Gasteiger partial charge in [0.1, 0.15) is 5.75 Å². The first-order valence-corrected chi connectivity index (χ1v) is 8.00. The van der Waals surface area contributed by atoms with Crippen molar-refractivity contribution in [1.29, 1.82) is 0 Å². The van der Waals surface area contributed by atoms with Crippen LogP contribution in [0.5, 0.6) is 5.75 Å². The van der Waals surface area contributed by atoms with Gasteiger partial charge in [-0.1, -0.05) is 12.1 Å². The first-order chi connectivity index (χ1) is 12.1. The van der Waals surface area contributed by atoms with Gasteiger partial charge in [0.25, 0.3) is 11.6 Å². The van der Waals surface area contributed by atoms with E-state index in [0.29, 0.717) is 12.1 Å². The number of rotatable bonds is 4. The predicted octanol–water partition coefficient (Wildman–Crippen LogP) is 3.60. The summed E-state index contributed by atoms with van der Waals surface area (Å²) in [7, 11) is 1.61. The quantitative estimate of drug-likeness (QED) is 0.485. The lowest BCUT2D eigenvalue weighted by atomic mass is 10.0. The highest BCUT2D eigenvalue weighted by Crippen LogP contribution is 2.31. The maximum atomic E-state index is 12.6. The Bertz CT molecular complexity index is 845. The number of hydrogen-bond acceptors (Lipinski definition) is 4. The van der Waals surface area contributed by atoms with E-state index in [9.17, 15) is 14.9 Å². The molecule has 0 N–H and O–H groups in total. The van der Waals surface area contributed by atoms with Gasteiger partial charge in [0, 0.05) is 24.4 Å². The smallest absolute Gasteiger partial charge is 0.276 e. The molecule has 0 atom stereocenters. The Kier molecular flexibility index (Phi) is 4.79. The summed E-state index contributed by atoms with van der Waals surface area (Å²) in [6.45, 7) is 0.624. The van der Waals surface area contributed by atoms with Gasteiger partial charge in [0.2, 0.25) is 0 Å². The summed E-state index contributed by atoms with van der Waals surface area (Å²) in [5.74, 6) is 0.577. The Balaban J connectivity index is 1.85. The second-order valence-corrected chi connectivity index (χ2v) is 5.74. The van der Waals surface area contributed by atoms with E-state index in [0.717, 1.165) is 29.8 Å². The highest BCUT2D eigenvalue weighted by Gasteiger charge is 2.21. The fraction of sp³-hybridized carbons (Fsp3) is 0.211. The summed E-state index contributed by atoms with van der Waals surface area (Å²) in [5.41, 5.74) is 2.32.